The zero-order valence-corrected chi connectivity index (χ0v) is 8.42. The van der Waals surface area contributed by atoms with E-state index >= 15 is 0 Å². The number of benzene rings is 1. The van der Waals surface area contributed by atoms with Crippen molar-refractivity contribution < 1.29 is 4.79 Å². The van der Waals surface area contributed by atoms with Crippen molar-refractivity contribution in [1.82, 2.24) is 0 Å². The molecular formula is C12H15NO. The van der Waals surface area contributed by atoms with Crippen LogP contribution >= 0.6 is 0 Å². The van der Waals surface area contributed by atoms with Crippen LogP contribution in [-0.4, -0.2) is 5.91 Å². The molecule has 0 bridgehead atoms. The maximum atomic E-state index is 11.5. The van der Waals surface area contributed by atoms with Crippen LogP contribution in [0, 0.1) is 12.8 Å². The van der Waals surface area contributed by atoms with Crippen molar-refractivity contribution in [3.8, 4) is 0 Å². The molecule has 0 unspecified atom stereocenters. The predicted octanol–water partition coefficient (Wildman–Crippen LogP) is 2.73. The van der Waals surface area contributed by atoms with E-state index in [1.165, 1.54) is 12.8 Å². The third-order valence-corrected chi connectivity index (χ3v) is 2.59. The first kappa shape index (κ1) is 9.25. The number of hydrogen-bond acceptors (Lipinski definition) is 1. The molecule has 1 fully saturated rings. The van der Waals surface area contributed by atoms with Crippen molar-refractivity contribution in [2.45, 2.75) is 26.2 Å². The Morgan fingerprint density at radius 1 is 1.43 bits per heavy atom. The normalized spacial score (nSPS) is 15.2. The van der Waals surface area contributed by atoms with E-state index in [-0.39, 0.29) is 5.91 Å². The van der Waals surface area contributed by atoms with Crippen LogP contribution in [0.15, 0.2) is 24.3 Å². The van der Waals surface area contributed by atoms with Gasteiger partial charge in [0.05, 0.1) is 0 Å². The Morgan fingerprint density at radius 3 is 2.79 bits per heavy atom. The lowest BCUT2D eigenvalue weighted by Gasteiger charge is -2.06. The van der Waals surface area contributed by atoms with Gasteiger partial charge < -0.3 is 5.32 Å². The van der Waals surface area contributed by atoms with Gasteiger partial charge in [-0.2, -0.15) is 0 Å². The van der Waals surface area contributed by atoms with E-state index in [2.05, 4.69) is 5.32 Å². The Balaban J connectivity index is 1.95. The quantitative estimate of drug-likeness (QED) is 0.778. The Bertz CT molecular complexity index is 342. The summed E-state index contributed by atoms with van der Waals surface area (Å²) in [5.74, 6) is 0.806. The average Bonchev–Trinajstić information content (AvgIpc) is 2.93. The van der Waals surface area contributed by atoms with E-state index in [4.69, 9.17) is 0 Å². The van der Waals surface area contributed by atoms with Crippen molar-refractivity contribution in [3.05, 3.63) is 29.8 Å². The molecule has 2 rings (SSSR count). The highest BCUT2D eigenvalue weighted by molar-refractivity contribution is 5.91. The Hall–Kier alpha value is -1.31. The fourth-order valence-corrected chi connectivity index (χ4v) is 1.50. The second-order valence-corrected chi connectivity index (χ2v) is 4.01. The van der Waals surface area contributed by atoms with E-state index in [1.54, 1.807) is 0 Å². The number of aryl methyl sites for hydroxylation is 1. The van der Waals surface area contributed by atoms with Gasteiger partial charge >= 0.3 is 0 Å². The number of carbonyl (C=O) groups excluding carboxylic acids is 1. The number of carbonyl (C=O) groups is 1. The van der Waals surface area contributed by atoms with E-state index in [1.807, 2.05) is 31.2 Å². The van der Waals surface area contributed by atoms with Gasteiger partial charge in [-0.05, 0) is 37.3 Å². The lowest BCUT2D eigenvalue weighted by Crippen LogP contribution is -2.12. The number of anilines is 1. The summed E-state index contributed by atoms with van der Waals surface area (Å²) in [4.78, 5) is 11.5. The summed E-state index contributed by atoms with van der Waals surface area (Å²) in [5, 5.41) is 2.94. The predicted molar refractivity (Wildman–Crippen MR) is 57.1 cm³/mol. The zero-order chi connectivity index (χ0) is 9.97. The van der Waals surface area contributed by atoms with Crippen LogP contribution in [0.25, 0.3) is 0 Å². The molecule has 2 heteroatoms. The fraction of sp³-hybridized carbons (Fsp3) is 0.417. The summed E-state index contributed by atoms with van der Waals surface area (Å²) in [6.45, 7) is 2.01. The van der Waals surface area contributed by atoms with Crippen molar-refractivity contribution in [1.29, 1.82) is 0 Å². The highest BCUT2D eigenvalue weighted by atomic mass is 16.1. The molecule has 1 aliphatic rings. The van der Waals surface area contributed by atoms with Crippen LogP contribution in [0.2, 0.25) is 0 Å². The number of hydrogen-bond donors (Lipinski definition) is 1. The third-order valence-electron chi connectivity index (χ3n) is 2.59. The Kier molecular flexibility index (Phi) is 2.53. The number of amides is 1. The second kappa shape index (κ2) is 3.82. The highest BCUT2D eigenvalue weighted by Gasteiger charge is 2.24. The first-order valence-corrected chi connectivity index (χ1v) is 5.11. The molecule has 1 aliphatic carbocycles. The molecule has 0 aromatic heterocycles. The standard InChI is InChI=1S/C12H15NO/c1-9-4-2-3-5-11(9)13-12(14)8-10-6-7-10/h2-5,10H,6-8H2,1H3,(H,13,14). The molecule has 1 aromatic rings. The third kappa shape index (κ3) is 2.34. The van der Waals surface area contributed by atoms with E-state index < -0.39 is 0 Å². The smallest absolute Gasteiger partial charge is 0.224 e. The molecule has 0 spiro atoms. The van der Waals surface area contributed by atoms with Crippen molar-refractivity contribution in [2.75, 3.05) is 5.32 Å². The van der Waals surface area contributed by atoms with Gasteiger partial charge in [-0.15, -0.1) is 0 Å². The summed E-state index contributed by atoms with van der Waals surface area (Å²) in [6.07, 6.45) is 3.14. The molecule has 1 amide bonds. The van der Waals surface area contributed by atoms with Crippen LogP contribution in [0.5, 0.6) is 0 Å². The van der Waals surface area contributed by atoms with Crippen molar-refractivity contribution in [3.63, 3.8) is 0 Å². The first-order valence-electron chi connectivity index (χ1n) is 5.11. The Morgan fingerprint density at radius 2 is 2.14 bits per heavy atom. The summed E-state index contributed by atoms with van der Waals surface area (Å²) in [5.41, 5.74) is 2.06. The van der Waals surface area contributed by atoms with Gasteiger partial charge in [0.1, 0.15) is 0 Å². The maximum absolute atomic E-state index is 11.5. The minimum Gasteiger partial charge on any atom is -0.326 e. The van der Waals surface area contributed by atoms with Crippen LogP contribution in [0.1, 0.15) is 24.8 Å². The lowest BCUT2D eigenvalue weighted by molar-refractivity contribution is -0.116. The molecule has 1 N–H and O–H groups in total. The first-order chi connectivity index (χ1) is 6.75. The molecule has 0 heterocycles. The minimum absolute atomic E-state index is 0.154. The zero-order valence-electron chi connectivity index (χ0n) is 8.42. The largest absolute Gasteiger partial charge is 0.326 e. The molecule has 0 aliphatic heterocycles. The van der Waals surface area contributed by atoms with Crippen LogP contribution in [0.4, 0.5) is 5.69 Å². The molecule has 1 saturated carbocycles. The second-order valence-electron chi connectivity index (χ2n) is 4.01. The summed E-state index contributed by atoms with van der Waals surface area (Å²) >= 11 is 0. The van der Waals surface area contributed by atoms with Crippen LogP contribution in [-0.2, 0) is 4.79 Å². The summed E-state index contributed by atoms with van der Waals surface area (Å²) in [7, 11) is 0. The minimum atomic E-state index is 0.154. The van der Waals surface area contributed by atoms with Gasteiger partial charge in [-0.3, -0.25) is 4.79 Å². The van der Waals surface area contributed by atoms with E-state index in [0.29, 0.717) is 12.3 Å². The maximum Gasteiger partial charge on any atom is 0.224 e. The van der Waals surface area contributed by atoms with Crippen molar-refractivity contribution in [2.24, 2.45) is 5.92 Å². The summed E-state index contributed by atoms with van der Waals surface area (Å²) < 4.78 is 0. The molecular weight excluding hydrogens is 174 g/mol. The molecule has 74 valence electrons. The molecule has 2 nitrogen and oxygen atoms in total. The molecule has 0 atom stereocenters. The lowest BCUT2D eigenvalue weighted by atomic mass is 10.2. The van der Waals surface area contributed by atoms with Gasteiger partial charge in [0.15, 0.2) is 0 Å². The van der Waals surface area contributed by atoms with Gasteiger partial charge in [0.25, 0.3) is 0 Å². The summed E-state index contributed by atoms with van der Waals surface area (Å²) in [6, 6.07) is 7.87. The number of nitrogens with one attached hydrogen (secondary N) is 1. The van der Waals surface area contributed by atoms with Crippen LogP contribution in [0.3, 0.4) is 0 Å². The van der Waals surface area contributed by atoms with Crippen molar-refractivity contribution >= 4 is 11.6 Å². The molecule has 1 aromatic carbocycles. The molecule has 0 saturated heterocycles. The fourth-order valence-electron chi connectivity index (χ4n) is 1.50. The monoisotopic (exact) mass is 189 g/mol. The molecule has 14 heavy (non-hydrogen) atoms. The highest BCUT2D eigenvalue weighted by Crippen LogP contribution is 2.32. The van der Waals surface area contributed by atoms with Crippen LogP contribution < -0.4 is 5.32 Å². The molecule has 0 radical (unpaired) electrons. The average molecular weight is 189 g/mol. The topological polar surface area (TPSA) is 29.1 Å². The SMILES string of the molecule is Cc1ccccc1NC(=O)CC1CC1. The number of para-hydroxylation sites is 1. The van der Waals surface area contributed by atoms with Gasteiger partial charge in [-0.1, -0.05) is 18.2 Å². The van der Waals surface area contributed by atoms with Gasteiger partial charge in [0.2, 0.25) is 5.91 Å². The van der Waals surface area contributed by atoms with E-state index in [9.17, 15) is 4.79 Å². The number of rotatable bonds is 3. The van der Waals surface area contributed by atoms with Gasteiger partial charge in [0, 0.05) is 12.1 Å². The van der Waals surface area contributed by atoms with E-state index in [0.717, 1.165) is 11.3 Å². The Labute approximate surface area is 84.3 Å². The van der Waals surface area contributed by atoms with Gasteiger partial charge in [-0.25, -0.2) is 0 Å².